The Kier molecular flexibility index (Phi) is 5.42. The van der Waals surface area contributed by atoms with E-state index in [4.69, 9.17) is 9.15 Å². The van der Waals surface area contributed by atoms with Crippen molar-refractivity contribution >= 4 is 21.4 Å². The molecule has 0 aliphatic carbocycles. The molecule has 0 bridgehead atoms. The third-order valence-corrected chi connectivity index (χ3v) is 6.11. The molecule has 9 heteroatoms. The number of hydrogen-bond donors (Lipinski definition) is 2. The first kappa shape index (κ1) is 18.6. The van der Waals surface area contributed by atoms with Crippen LogP contribution in [0.1, 0.15) is 11.0 Å². The number of sulfonamides is 1. The van der Waals surface area contributed by atoms with E-state index in [2.05, 4.69) is 4.72 Å². The lowest BCUT2D eigenvalue weighted by molar-refractivity contribution is 0.185. The summed E-state index contributed by atoms with van der Waals surface area (Å²) in [4.78, 5) is 0.250. The first-order valence-electron chi connectivity index (χ1n) is 7.54. The lowest BCUT2D eigenvalue weighted by atomic mass is 10.2. The minimum Gasteiger partial charge on any atom is -0.495 e. The maximum absolute atomic E-state index is 13.4. The Hall–Kier alpha value is -2.20. The molecule has 2 aromatic heterocycles. The Labute approximate surface area is 153 Å². The molecule has 2 N–H and O–H groups in total. The summed E-state index contributed by atoms with van der Waals surface area (Å²) in [5.41, 5.74) is 0.795. The third-order valence-electron chi connectivity index (χ3n) is 3.64. The highest BCUT2D eigenvalue weighted by molar-refractivity contribution is 7.89. The Morgan fingerprint density at radius 1 is 1.35 bits per heavy atom. The molecule has 0 amide bonds. The predicted octanol–water partition coefficient (Wildman–Crippen LogP) is 3.17. The molecule has 0 radical (unpaired) electrons. The van der Waals surface area contributed by atoms with Crippen molar-refractivity contribution in [1.29, 1.82) is 0 Å². The van der Waals surface area contributed by atoms with Gasteiger partial charge in [0.2, 0.25) is 10.0 Å². The lowest BCUT2D eigenvalue weighted by Gasteiger charge is -2.13. The van der Waals surface area contributed by atoms with Gasteiger partial charge in [-0.05, 0) is 36.4 Å². The molecule has 0 aliphatic heterocycles. The first-order chi connectivity index (χ1) is 12.4. The molecule has 26 heavy (non-hydrogen) atoms. The molecule has 0 saturated carbocycles. The number of ether oxygens (including phenoxy) is 1. The molecular formula is C17H16FNO5S2. The van der Waals surface area contributed by atoms with E-state index in [1.54, 1.807) is 24.5 Å². The summed E-state index contributed by atoms with van der Waals surface area (Å²) >= 11 is 1.28. The minimum absolute atomic E-state index is 0.0182. The van der Waals surface area contributed by atoms with Crippen LogP contribution < -0.4 is 9.46 Å². The zero-order valence-electron chi connectivity index (χ0n) is 13.7. The fourth-order valence-corrected chi connectivity index (χ4v) is 4.43. The van der Waals surface area contributed by atoms with Crippen LogP contribution in [0.15, 0.2) is 57.4 Å². The van der Waals surface area contributed by atoms with Crippen molar-refractivity contribution in [3.63, 3.8) is 0 Å². The van der Waals surface area contributed by atoms with Crippen LogP contribution in [0, 0.1) is 5.82 Å². The van der Waals surface area contributed by atoms with E-state index in [1.165, 1.54) is 24.5 Å². The molecule has 1 aromatic carbocycles. The van der Waals surface area contributed by atoms with Gasteiger partial charge in [0.1, 0.15) is 28.3 Å². The number of halogens is 1. The van der Waals surface area contributed by atoms with Crippen LogP contribution in [0.3, 0.4) is 0 Å². The molecule has 6 nitrogen and oxygen atoms in total. The zero-order valence-corrected chi connectivity index (χ0v) is 15.3. The second-order valence-corrected chi connectivity index (χ2v) is 8.06. The number of benzene rings is 1. The highest BCUT2D eigenvalue weighted by atomic mass is 32.2. The molecular weight excluding hydrogens is 381 g/mol. The molecule has 138 valence electrons. The van der Waals surface area contributed by atoms with Crippen LogP contribution in [-0.4, -0.2) is 27.2 Å². The molecule has 0 saturated heterocycles. The molecule has 3 aromatic rings. The first-order valence-corrected chi connectivity index (χ1v) is 9.90. The van der Waals surface area contributed by atoms with Gasteiger partial charge in [0.25, 0.3) is 0 Å². The van der Waals surface area contributed by atoms with Crippen molar-refractivity contribution in [2.45, 2.75) is 11.0 Å². The van der Waals surface area contributed by atoms with Crippen LogP contribution >= 0.6 is 11.3 Å². The van der Waals surface area contributed by atoms with Gasteiger partial charge >= 0.3 is 0 Å². The smallest absolute Gasteiger partial charge is 0.244 e. The van der Waals surface area contributed by atoms with Crippen molar-refractivity contribution in [3.8, 4) is 17.1 Å². The van der Waals surface area contributed by atoms with E-state index in [1.807, 2.05) is 5.38 Å². The molecule has 1 unspecified atom stereocenters. The Morgan fingerprint density at radius 3 is 2.85 bits per heavy atom. The predicted molar refractivity (Wildman–Crippen MR) is 95.1 cm³/mol. The molecule has 0 fully saturated rings. The summed E-state index contributed by atoms with van der Waals surface area (Å²) in [6.45, 7) is -0.264. The van der Waals surface area contributed by atoms with Crippen molar-refractivity contribution in [2.24, 2.45) is 0 Å². The molecule has 0 aliphatic rings. The molecule has 1 atom stereocenters. The SMILES string of the molecule is COc1ccc(F)cc1S(=O)(=O)NCC(O)c1cc(-c2ccco2)cs1. The number of furan rings is 1. The standard InChI is InChI=1S/C17H16FNO5S2/c1-23-15-5-4-12(18)8-17(15)26(21,22)19-9-13(20)16-7-11(10-25-16)14-3-2-6-24-14/h2-8,10,13,19-20H,9H2,1H3. The van der Waals surface area contributed by atoms with Gasteiger partial charge < -0.3 is 14.3 Å². The maximum atomic E-state index is 13.4. The van der Waals surface area contributed by atoms with Gasteiger partial charge in [-0.15, -0.1) is 11.3 Å². The van der Waals surface area contributed by atoms with E-state index in [-0.39, 0.29) is 17.2 Å². The van der Waals surface area contributed by atoms with Crippen molar-refractivity contribution < 1.29 is 27.1 Å². The summed E-state index contributed by atoms with van der Waals surface area (Å²) in [5.74, 6) is -0.0255. The normalized spacial score (nSPS) is 12.9. The van der Waals surface area contributed by atoms with Gasteiger partial charge in [-0.2, -0.15) is 0 Å². The van der Waals surface area contributed by atoms with Gasteiger partial charge in [0.05, 0.1) is 13.4 Å². The fourth-order valence-electron chi connectivity index (χ4n) is 2.33. The lowest BCUT2D eigenvalue weighted by Crippen LogP contribution is -2.28. The fraction of sp³-hybridized carbons (Fsp3) is 0.176. The van der Waals surface area contributed by atoms with Crippen molar-refractivity contribution in [1.82, 2.24) is 4.72 Å². The van der Waals surface area contributed by atoms with Crippen molar-refractivity contribution in [3.05, 3.63) is 58.7 Å². The van der Waals surface area contributed by atoms with Crippen LogP contribution in [-0.2, 0) is 10.0 Å². The topological polar surface area (TPSA) is 88.8 Å². The summed E-state index contributed by atoms with van der Waals surface area (Å²) in [7, 11) is -2.76. The van der Waals surface area contributed by atoms with E-state index in [9.17, 15) is 17.9 Å². The third kappa shape index (κ3) is 3.96. The molecule has 2 heterocycles. The van der Waals surface area contributed by atoms with E-state index in [0.29, 0.717) is 10.6 Å². The summed E-state index contributed by atoms with van der Waals surface area (Å²) < 4.78 is 50.8. The highest BCUT2D eigenvalue weighted by Gasteiger charge is 2.22. The van der Waals surface area contributed by atoms with Gasteiger partial charge in [0.15, 0.2) is 0 Å². The Bertz CT molecular complexity index is 983. The van der Waals surface area contributed by atoms with Crippen LogP contribution in [0.5, 0.6) is 5.75 Å². The summed E-state index contributed by atoms with van der Waals surface area (Å²) in [5, 5.41) is 12.1. The Balaban J connectivity index is 1.73. The van der Waals surface area contributed by atoms with Gasteiger partial charge in [-0.1, -0.05) is 0 Å². The van der Waals surface area contributed by atoms with Crippen LogP contribution in [0.4, 0.5) is 4.39 Å². The van der Waals surface area contributed by atoms with E-state index in [0.717, 1.165) is 17.7 Å². The number of aliphatic hydroxyl groups excluding tert-OH is 1. The number of thiophene rings is 1. The minimum atomic E-state index is -4.05. The number of nitrogens with one attached hydrogen (secondary N) is 1. The van der Waals surface area contributed by atoms with Crippen LogP contribution in [0.2, 0.25) is 0 Å². The molecule has 0 spiro atoms. The average Bonchev–Trinajstić information content (AvgIpc) is 3.30. The number of hydrogen-bond acceptors (Lipinski definition) is 6. The van der Waals surface area contributed by atoms with Gasteiger partial charge in [-0.25, -0.2) is 17.5 Å². The second-order valence-electron chi connectivity index (χ2n) is 5.38. The van der Waals surface area contributed by atoms with Crippen molar-refractivity contribution in [2.75, 3.05) is 13.7 Å². The van der Waals surface area contributed by atoms with Crippen LogP contribution in [0.25, 0.3) is 11.3 Å². The number of aliphatic hydroxyl groups is 1. The highest BCUT2D eigenvalue weighted by Crippen LogP contribution is 2.30. The largest absolute Gasteiger partial charge is 0.495 e. The van der Waals surface area contributed by atoms with E-state index >= 15 is 0 Å². The van der Waals surface area contributed by atoms with Gasteiger partial charge in [0, 0.05) is 22.4 Å². The Morgan fingerprint density at radius 2 is 2.15 bits per heavy atom. The second kappa shape index (κ2) is 7.58. The number of methoxy groups -OCH3 is 1. The maximum Gasteiger partial charge on any atom is 0.244 e. The average molecular weight is 397 g/mol. The number of rotatable bonds is 7. The van der Waals surface area contributed by atoms with E-state index < -0.39 is 21.9 Å². The summed E-state index contributed by atoms with van der Waals surface area (Å²) in [6.07, 6.45) is 0.488. The quantitative estimate of drug-likeness (QED) is 0.639. The zero-order chi connectivity index (χ0) is 18.7. The molecule has 3 rings (SSSR count). The van der Waals surface area contributed by atoms with Gasteiger partial charge in [-0.3, -0.25) is 0 Å². The monoisotopic (exact) mass is 397 g/mol. The summed E-state index contributed by atoms with van der Waals surface area (Å²) in [6, 6.07) is 8.48.